The molecule has 3 atom stereocenters. The summed E-state index contributed by atoms with van der Waals surface area (Å²) in [5, 5.41) is 0. The maximum absolute atomic E-state index is 13.9. The normalized spacial score (nSPS) is 22.9. The second-order valence-corrected chi connectivity index (χ2v) is 8.30. The fourth-order valence-corrected chi connectivity index (χ4v) is 4.71. The highest BCUT2D eigenvalue weighted by molar-refractivity contribution is 5.94. The average molecular weight is 412 g/mol. The lowest BCUT2D eigenvalue weighted by molar-refractivity contribution is 0.0764. The van der Waals surface area contributed by atoms with Crippen LogP contribution in [0.5, 0.6) is 0 Å². The van der Waals surface area contributed by atoms with Crippen LogP contribution in [-0.4, -0.2) is 64.9 Å². The number of hydrogen-bond acceptors (Lipinski definition) is 3. The van der Waals surface area contributed by atoms with E-state index in [1.54, 1.807) is 55.3 Å². The molecule has 0 radical (unpaired) electrons. The van der Waals surface area contributed by atoms with E-state index in [1.165, 1.54) is 21.6 Å². The first kappa shape index (κ1) is 20.1. The van der Waals surface area contributed by atoms with E-state index in [0.29, 0.717) is 19.6 Å². The van der Waals surface area contributed by atoms with E-state index >= 15 is 0 Å². The lowest BCUT2D eigenvalue weighted by atomic mass is 9.89. The average Bonchev–Trinajstić information content (AvgIpc) is 3.26. The summed E-state index contributed by atoms with van der Waals surface area (Å²) in [4.78, 5) is 43.2. The third-order valence-corrected chi connectivity index (χ3v) is 6.12. The maximum atomic E-state index is 13.9. The molecule has 0 N–H and O–H groups in total. The minimum absolute atomic E-state index is 0.0211. The summed E-state index contributed by atoms with van der Waals surface area (Å²) >= 11 is 0. The van der Waals surface area contributed by atoms with E-state index in [-0.39, 0.29) is 46.8 Å². The quantitative estimate of drug-likeness (QED) is 0.757. The van der Waals surface area contributed by atoms with Crippen LogP contribution in [0.4, 0.5) is 9.18 Å². The van der Waals surface area contributed by atoms with E-state index in [0.717, 1.165) is 5.56 Å². The van der Waals surface area contributed by atoms with E-state index < -0.39 is 0 Å². The number of carbonyl (C=O) groups is 2. The van der Waals surface area contributed by atoms with Gasteiger partial charge in [0, 0.05) is 58.8 Å². The monoisotopic (exact) mass is 412 g/mol. The Kier molecular flexibility index (Phi) is 5.09. The number of pyridine rings is 1. The summed E-state index contributed by atoms with van der Waals surface area (Å²) in [7, 11) is 5.00. The Labute approximate surface area is 174 Å². The van der Waals surface area contributed by atoms with Gasteiger partial charge in [0.25, 0.3) is 11.5 Å². The molecule has 30 heavy (non-hydrogen) atoms. The van der Waals surface area contributed by atoms with Crippen LogP contribution in [0, 0.1) is 17.7 Å². The first-order valence-corrected chi connectivity index (χ1v) is 9.96. The van der Waals surface area contributed by atoms with Gasteiger partial charge in [-0.05, 0) is 29.8 Å². The molecule has 158 valence electrons. The predicted molar refractivity (Wildman–Crippen MR) is 109 cm³/mol. The van der Waals surface area contributed by atoms with Crippen LogP contribution in [0.1, 0.15) is 22.0 Å². The van der Waals surface area contributed by atoms with Crippen LogP contribution in [0.15, 0.2) is 47.4 Å². The maximum Gasteiger partial charge on any atom is 0.320 e. The summed E-state index contributed by atoms with van der Waals surface area (Å²) in [6, 6.07) is 9.07. The zero-order chi connectivity index (χ0) is 21.6. The van der Waals surface area contributed by atoms with E-state index in [9.17, 15) is 18.8 Å². The van der Waals surface area contributed by atoms with Crippen molar-refractivity contribution in [2.45, 2.75) is 6.04 Å². The zero-order valence-electron chi connectivity index (χ0n) is 17.3. The summed E-state index contributed by atoms with van der Waals surface area (Å²) in [5.74, 6) is -0.605. The highest BCUT2D eigenvalue weighted by Gasteiger charge is 2.50. The number of urea groups is 1. The van der Waals surface area contributed by atoms with Gasteiger partial charge in [-0.15, -0.1) is 0 Å². The molecule has 3 amide bonds. The molecule has 2 aromatic rings. The Morgan fingerprint density at radius 1 is 1.10 bits per heavy atom. The number of carbonyl (C=O) groups excluding carboxylic acids is 2. The summed E-state index contributed by atoms with van der Waals surface area (Å²) in [5.41, 5.74) is 0.539. The van der Waals surface area contributed by atoms with Gasteiger partial charge >= 0.3 is 6.03 Å². The zero-order valence-corrected chi connectivity index (χ0v) is 17.3. The number of nitrogens with zero attached hydrogens (tertiary/aromatic N) is 4. The lowest BCUT2D eigenvalue weighted by Gasteiger charge is -2.31. The van der Waals surface area contributed by atoms with Crippen LogP contribution in [0.2, 0.25) is 0 Å². The molecule has 0 bridgehead atoms. The molecular formula is C22H25FN4O3. The summed E-state index contributed by atoms with van der Waals surface area (Å²) in [6.45, 7) is 1.37. The molecule has 2 saturated heterocycles. The van der Waals surface area contributed by atoms with Crippen LogP contribution >= 0.6 is 0 Å². The van der Waals surface area contributed by atoms with Crippen molar-refractivity contribution in [2.24, 2.45) is 18.9 Å². The first-order valence-electron chi connectivity index (χ1n) is 9.96. The van der Waals surface area contributed by atoms with Crippen molar-refractivity contribution in [2.75, 3.05) is 33.7 Å². The molecule has 8 heteroatoms. The fraction of sp³-hybridized carbons (Fsp3) is 0.409. The Morgan fingerprint density at radius 3 is 2.57 bits per heavy atom. The molecule has 4 rings (SSSR count). The number of aromatic nitrogens is 1. The highest BCUT2D eigenvalue weighted by Crippen LogP contribution is 2.45. The number of rotatable bonds is 2. The van der Waals surface area contributed by atoms with E-state index in [1.807, 2.05) is 6.07 Å². The Hall–Kier alpha value is -3.16. The van der Waals surface area contributed by atoms with Gasteiger partial charge < -0.3 is 19.3 Å². The number of fused-ring (bicyclic) bond motifs is 1. The molecule has 0 saturated carbocycles. The van der Waals surface area contributed by atoms with Crippen molar-refractivity contribution in [3.05, 3.63) is 69.9 Å². The number of likely N-dealkylation sites (tertiary alicyclic amines) is 2. The van der Waals surface area contributed by atoms with E-state index in [2.05, 4.69) is 0 Å². The molecule has 0 unspecified atom stereocenters. The standard InChI is InChI=1S/C22H25FN4O3/c1-24(2)22(30)27-12-15-11-26(21(29)17-8-5-9-25(3)20(17)28)13-18(15)19(27)14-6-4-7-16(23)10-14/h4-10,15,18-19H,11-13H2,1-3H3/t15-,18-,19-/m1/s1. The smallest absolute Gasteiger partial charge is 0.320 e. The van der Waals surface area contributed by atoms with E-state index in [4.69, 9.17) is 0 Å². The van der Waals surface area contributed by atoms with Crippen molar-refractivity contribution < 1.29 is 14.0 Å². The third kappa shape index (κ3) is 3.36. The van der Waals surface area contributed by atoms with Gasteiger partial charge in [-0.1, -0.05) is 12.1 Å². The van der Waals surface area contributed by atoms with Crippen molar-refractivity contribution in [1.82, 2.24) is 19.3 Å². The van der Waals surface area contributed by atoms with Gasteiger partial charge in [0.05, 0.1) is 6.04 Å². The fourth-order valence-electron chi connectivity index (χ4n) is 4.71. The van der Waals surface area contributed by atoms with Gasteiger partial charge in [0.2, 0.25) is 0 Å². The molecule has 1 aromatic heterocycles. The van der Waals surface area contributed by atoms with Gasteiger partial charge in [-0.3, -0.25) is 9.59 Å². The second kappa shape index (κ2) is 7.59. The van der Waals surface area contributed by atoms with Gasteiger partial charge in [0.1, 0.15) is 11.4 Å². The minimum atomic E-state index is -0.355. The molecule has 7 nitrogen and oxygen atoms in total. The summed E-state index contributed by atoms with van der Waals surface area (Å²) < 4.78 is 15.3. The number of aryl methyl sites for hydroxylation is 1. The topological polar surface area (TPSA) is 65.9 Å². The molecule has 0 spiro atoms. The number of benzene rings is 1. The Morgan fingerprint density at radius 2 is 1.87 bits per heavy atom. The van der Waals surface area contributed by atoms with Gasteiger partial charge in [-0.25, -0.2) is 9.18 Å². The van der Waals surface area contributed by atoms with Gasteiger partial charge in [-0.2, -0.15) is 0 Å². The third-order valence-electron chi connectivity index (χ3n) is 6.12. The SMILES string of the molecule is CN(C)C(=O)N1C[C@H]2CN(C(=O)c3cccn(C)c3=O)C[C@H]2[C@H]1c1cccc(F)c1. The summed E-state index contributed by atoms with van der Waals surface area (Å²) in [6.07, 6.45) is 1.61. The van der Waals surface area contributed by atoms with Crippen molar-refractivity contribution in [3.63, 3.8) is 0 Å². The first-order chi connectivity index (χ1) is 14.3. The Balaban J connectivity index is 1.64. The molecule has 0 aliphatic carbocycles. The molecule has 2 aliphatic rings. The molecule has 3 heterocycles. The van der Waals surface area contributed by atoms with Crippen molar-refractivity contribution in [1.29, 1.82) is 0 Å². The Bertz CT molecular complexity index is 1050. The van der Waals surface area contributed by atoms with Crippen LogP contribution in [0.3, 0.4) is 0 Å². The second-order valence-electron chi connectivity index (χ2n) is 8.30. The van der Waals surface area contributed by atoms with Crippen molar-refractivity contribution in [3.8, 4) is 0 Å². The van der Waals surface area contributed by atoms with Gasteiger partial charge in [0.15, 0.2) is 0 Å². The van der Waals surface area contributed by atoms with Crippen LogP contribution < -0.4 is 5.56 Å². The molecule has 1 aromatic carbocycles. The molecule has 2 fully saturated rings. The molecule has 2 aliphatic heterocycles. The number of hydrogen-bond donors (Lipinski definition) is 0. The lowest BCUT2D eigenvalue weighted by Crippen LogP contribution is -2.42. The van der Waals surface area contributed by atoms with Crippen LogP contribution in [-0.2, 0) is 7.05 Å². The number of amides is 3. The minimum Gasteiger partial charge on any atom is -0.338 e. The highest BCUT2D eigenvalue weighted by atomic mass is 19.1. The predicted octanol–water partition coefficient (Wildman–Crippen LogP) is 1.95. The molecular weight excluding hydrogens is 387 g/mol. The van der Waals surface area contributed by atoms with Crippen LogP contribution in [0.25, 0.3) is 0 Å². The largest absolute Gasteiger partial charge is 0.338 e. The van der Waals surface area contributed by atoms with Crippen molar-refractivity contribution >= 4 is 11.9 Å². The number of halogens is 1.